The van der Waals surface area contributed by atoms with Gasteiger partial charge in [0.2, 0.25) is 0 Å². The molecule has 0 aliphatic rings. The fourth-order valence-electron chi connectivity index (χ4n) is 1.66. The average molecular weight is 250 g/mol. The largest absolute Gasteiger partial charge is 0.389 e. The smallest absolute Gasteiger partial charge is 0.388 e. The minimum Gasteiger partial charge on any atom is -0.388 e. The zero-order valence-electron chi connectivity index (χ0n) is 9.39. The van der Waals surface area contributed by atoms with Crippen LogP contribution < -0.4 is 0 Å². The highest BCUT2D eigenvalue weighted by Gasteiger charge is 2.26. The second-order valence-corrected chi connectivity index (χ2v) is 4.02. The summed E-state index contributed by atoms with van der Waals surface area (Å²) < 4.78 is 48.5. The van der Waals surface area contributed by atoms with Crippen molar-refractivity contribution in [3.8, 4) is 0 Å². The normalized spacial score (nSPS) is 13.8. The van der Waals surface area contributed by atoms with E-state index >= 15 is 0 Å². The highest BCUT2D eigenvalue weighted by Crippen LogP contribution is 2.27. The summed E-state index contributed by atoms with van der Waals surface area (Å²) in [5.41, 5.74) is 1.03. The van der Waals surface area contributed by atoms with Crippen molar-refractivity contribution in [2.45, 2.75) is 38.5 Å². The number of hydrogen-bond acceptors (Lipinski definition) is 1. The van der Waals surface area contributed by atoms with Crippen molar-refractivity contribution < 1.29 is 22.7 Å². The second kappa shape index (κ2) is 5.49. The molecule has 96 valence electrons. The van der Waals surface area contributed by atoms with Crippen LogP contribution in [0.25, 0.3) is 0 Å². The van der Waals surface area contributed by atoms with Crippen LogP contribution in [0, 0.1) is 12.7 Å². The highest BCUT2D eigenvalue weighted by molar-refractivity contribution is 5.28. The first-order chi connectivity index (χ1) is 7.79. The fraction of sp³-hybridized carbons (Fsp3) is 0.500. The molecule has 1 N–H and O–H groups in total. The predicted molar refractivity (Wildman–Crippen MR) is 56.0 cm³/mol. The van der Waals surface area contributed by atoms with E-state index in [0.717, 1.165) is 0 Å². The van der Waals surface area contributed by atoms with Gasteiger partial charge in [-0.2, -0.15) is 13.2 Å². The lowest BCUT2D eigenvalue weighted by Crippen LogP contribution is -2.08. The quantitative estimate of drug-likeness (QED) is 0.803. The number of alkyl halides is 3. The van der Waals surface area contributed by atoms with Gasteiger partial charge in [-0.15, -0.1) is 0 Å². The maximum absolute atomic E-state index is 12.8. The van der Waals surface area contributed by atoms with Gasteiger partial charge in [0.1, 0.15) is 5.82 Å². The van der Waals surface area contributed by atoms with Gasteiger partial charge in [-0.05, 0) is 43.0 Å². The molecule has 1 aromatic rings. The Bertz CT molecular complexity index is 373. The summed E-state index contributed by atoms with van der Waals surface area (Å²) in [4.78, 5) is 0. The molecule has 0 amide bonds. The third-order valence-corrected chi connectivity index (χ3v) is 2.53. The van der Waals surface area contributed by atoms with E-state index in [-0.39, 0.29) is 12.8 Å². The molecule has 1 unspecified atom stereocenters. The van der Waals surface area contributed by atoms with Crippen LogP contribution in [0.1, 0.15) is 36.5 Å². The zero-order valence-corrected chi connectivity index (χ0v) is 9.39. The molecule has 0 spiro atoms. The molecule has 5 heteroatoms. The van der Waals surface area contributed by atoms with Crippen LogP contribution in [-0.2, 0) is 0 Å². The van der Waals surface area contributed by atoms with Crippen LogP contribution in [0.15, 0.2) is 18.2 Å². The summed E-state index contributed by atoms with van der Waals surface area (Å²) in [7, 11) is 0. The Balaban J connectivity index is 2.55. The Hall–Kier alpha value is -1.10. The molecule has 17 heavy (non-hydrogen) atoms. The molecular weight excluding hydrogens is 236 g/mol. The van der Waals surface area contributed by atoms with E-state index in [1.807, 2.05) is 0 Å². The van der Waals surface area contributed by atoms with E-state index in [4.69, 9.17) is 0 Å². The molecule has 0 heterocycles. The third-order valence-electron chi connectivity index (χ3n) is 2.53. The van der Waals surface area contributed by atoms with Crippen molar-refractivity contribution >= 4 is 0 Å². The van der Waals surface area contributed by atoms with E-state index < -0.39 is 24.5 Å². The number of hydrogen-bond donors (Lipinski definition) is 1. The molecule has 1 rings (SSSR count). The van der Waals surface area contributed by atoms with Crippen molar-refractivity contribution in [2.24, 2.45) is 0 Å². The number of aryl methyl sites for hydroxylation is 1. The standard InChI is InChI=1S/C12H14F4O/c1-8-7-9(13)4-5-10(8)11(17)3-2-6-12(14,15)16/h4-5,7,11,17H,2-3,6H2,1H3. The maximum Gasteiger partial charge on any atom is 0.389 e. The number of benzene rings is 1. The molecular formula is C12H14F4O. The van der Waals surface area contributed by atoms with E-state index in [1.54, 1.807) is 6.92 Å². The number of halogens is 4. The summed E-state index contributed by atoms with van der Waals surface area (Å²) in [5, 5.41) is 9.70. The second-order valence-electron chi connectivity index (χ2n) is 4.02. The minimum absolute atomic E-state index is 0.0198. The van der Waals surface area contributed by atoms with Gasteiger partial charge in [0, 0.05) is 6.42 Å². The molecule has 1 nitrogen and oxygen atoms in total. The van der Waals surface area contributed by atoms with Gasteiger partial charge in [0.25, 0.3) is 0 Å². The Labute approximate surface area is 97.1 Å². The van der Waals surface area contributed by atoms with Gasteiger partial charge in [0.05, 0.1) is 6.10 Å². The van der Waals surface area contributed by atoms with Crippen LogP contribution in [-0.4, -0.2) is 11.3 Å². The van der Waals surface area contributed by atoms with Gasteiger partial charge < -0.3 is 5.11 Å². The predicted octanol–water partition coefficient (Wildman–Crippen LogP) is 3.90. The molecule has 0 radical (unpaired) electrons. The van der Waals surface area contributed by atoms with Gasteiger partial charge >= 0.3 is 6.18 Å². The first kappa shape index (κ1) is 14.0. The van der Waals surface area contributed by atoms with Gasteiger partial charge in [-0.3, -0.25) is 0 Å². The Morgan fingerprint density at radius 3 is 2.47 bits per heavy atom. The zero-order chi connectivity index (χ0) is 13.1. The lowest BCUT2D eigenvalue weighted by Gasteiger charge is -2.14. The van der Waals surface area contributed by atoms with Crippen molar-refractivity contribution in [2.75, 3.05) is 0 Å². The molecule has 0 aliphatic carbocycles. The molecule has 0 saturated carbocycles. The maximum atomic E-state index is 12.8. The van der Waals surface area contributed by atoms with E-state index in [0.29, 0.717) is 11.1 Å². The SMILES string of the molecule is Cc1cc(F)ccc1C(O)CCCC(F)(F)F. The summed E-state index contributed by atoms with van der Waals surface area (Å²) >= 11 is 0. The molecule has 1 aromatic carbocycles. The molecule has 0 fully saturated rings. The molecule has 1 atom stereocenters. The van der Waals surface area contributed by atoms with E-state index in [2.05, 4.69) is 0 Å². The average Bonchev–Trinajstić information content (AvgIpc) is 2.15. The molecule has 0 aliphatic heterocycles. The Morgan fingerprint density at radius 2 is 1.94 bits per heavy atom. The summed E-state index contributed by atoms with van der Waals surface area (Å²) in [6, 6.07) is 3.85. The summed E-state index contributed by atoms with van der Waals surface area (Å²) in [6.45, 7) is 1.62. The van der Waals surface area contributed by atoms with Crippen molar-refractivity contribution in [1.29, 1.82) is 0 Å². The third kappa shape index (κ3) is 4.73. The van der Waals surface area contributed by atoms with Crippen molar-refractivity contribution in [3.05, 3.63) is 35.1 Å². The van der Waals surface area contributed by atoms with Crippen LogP contribution in [0.3, 0.4) is 0 Å². The first-order valence-corrected chi connectivity index (χ1v) is 5.30. The van der Waals surface area contributed by atoms with Crippen LogP contribution in [0.2, 0.25) is 0 Å². The highest BCUT2D eigenvalue weighted by atomic mass is 19.4. The minimum atomic E-state index is -4.20. The Morgan fingerprint density at radius 1 is 1.29 bits per heavy atom. The van der Waals surface area contributed by atoms with Crippen molar-refractivity contribution in [3.63, 3.8) is 0 Å². The monoisotopic (exact) mass is 250 g/mol. The van der Waals surface area contributed by atoms with E-state index in [9.17, 15) is 22.7 Å². The van der Waals surface area contributed by atoms with Crippen molar-refractivity contribution in [1.82, 2.24) is 0 Å². The summed E-state index contributed by atoms with van der Waals surface area (Å²) in [5.74, 6) is -0.422. The van der Waals surface area contributed by atoms with Gasteiger partial charge in [-0.25, -0.2) is 4.39 Å². The fourth-order valence-corrected chi connectivity index (χ4v) is 1.66. The lowest BCUT2D eigenvalue weighted by molar-refractivity contribution is -0.136. The van der Waals surface area contributed by atoms with E-state index in [1.165, 1.54) is 18.2 Å². The molecule has 0 aromatic heterocycles. The van der Waals surface area contributed by atoms with Crippen LogP contribution in [0.4, 0.5) is 17.6 Å². The first-order valence-electron chi connectivity index (χ1n) is 5.30. The van der Waals surface area contributed by atoms with Gasteiger partial charge in [-0.1, -0.05) is 6.07 Å². The number of rotatable bonds is 4. The molecule has 0 saturated heterocycles. The summed E-state index contributed by atoms with van der Waals surface area (Å²) in [6.07, 6.45) is -6.20. The number of aliphatic hydroxyl groups excluding tert-OH is 1. The topological polar surface area (TPSA) is 20.2 Å². The Kier molecular flexibility index (Phi) is 4.51. The van der Waals surface area contributed by atoms with Crippen LogP contribution in [0.5, 0.6) is 0 Å². The number of aliphatic hydroxyl groups is 1. The van der Waals surface area contributed by atoms with Gasteiger partial charge in [0.15, 0.2) is 0 Å². The van der Waals surface area contributed by atoms with Crippen LogP contribution >= 0.6 is 0 Å². The molecule has 0 bridgehead atoms. The lowest BCUT2D eigenvalue weighted by atomic mass is 9.99.